The van der Waals surface area contributed by atoms with Gasteiger partial charge in [0.15, 0.2) is 0 Å². The highest BCUT2D eigenvalue weighted by Crippen LogP contribution is 2.55. The van der Waals surface area contributed by atoms with E-state index in [9.17, 15) is 10.2 Å². The van der Waals surface area contributed by atoms with Gasteiger partial charge < -0.3 is 14.9 Å². The van der Waals surface area contributed by atoms with Crippen molar-refractivity contribution in [2.75, 3.05) is 0 Å². The Balaban J connectivity index is 1.95. The summed E-state index contributed by atoms with van der Waals surface area (Å²) in [5.41, 5.74) is 1.82. The largest absolute Gasteiger partial charge is 0.508 e. The number of aromatic hydroxyl groups is 1. The SMILES string of the molecule is CCCCCc1cc(O)c2c(c1)OC(C)(C)[C@@H]1C[C@H](O)[C@H](C)CC21. The number of aryl methyl sites for hydroxylation is 1. The molecule has 2 aliphatic rings. The highest BCUT2D eigenvalue weighted by atomic mass is 16.5. The number of hydrogen-bond acceptors (Lipinski definition) is 3. The van der Waals surface area contributed by atoms with E-state index in [1.165, 1.54) is 12.8 Å². The second-order valence-corrected chi connectivity index (χ2v) is 8.42. The van der Waals surface area contributed by atoms with Crippen molar-refractivity contribution in [3.63, 3.8) is 0 Å². The lowest BCUT2D eigenvalue weighted by Crippen LogP contribution is -2.49. The van der Waals surface area contributed by atoms with Crippen LogP contribution in [-0.2, 0) is 6.42 Å². The molecule has 134 valence electrons. The van der Waals surface area contributed by atoms with Crippen LogP contribution in [0, 0.1) is 11.8 Å². The minimum absolute atomic E-state index is 0.244. The molecule has 1 unspecified atom stereocenters. The van der Waals surface area contributed by atoms with Gasteiger partial charge in [0.2, 0.25) is 0 Å². The molecule has 0 spiro atoms. The molecule has 1 fully saturated rings. The van der Waals surface area contributed by atoms with E-state index in [1.54, 1.807) is 0 Å². The molecule has 1 aromatic carbocycles. The van der Waals surface area contributed by atoms with Crippen LogP contribution in [0.4, 0.5) is 0 Å². The number of benzene rings is 1. The van der Waals surface area contributed by atoms with Gasteiger partial charge in [-0.15, -0.1) is 0 Å². The van der Waals surface area contributed by atoms with E-state index in [2.05, 4.69) is 33.8 Å². The number of unbranched alkanes of at least 4 members (excludes halogenated alkanes) is 2. The van der Waals surface area contributed by atoms with Crippen molar-refractivity contribution in [2.45, 2.75) is 83.8 Å². The molecular formula is C21H32O3. The first kappa shape index (κ1) is 17.6. The topological polar surface area (TPSA) is 49.7 Å². The minimum Gasteiger partial charge on any atom is -0.508 e. The smallest absolute Gasteiger partial charge is 0.127 e. The first-order chi connectivity index (χ1) is 11.3. The molecule has 1 aliphatic heterocycles. The van der Waals surface area contributed by atoms with Gasteiger partial charge in [-0.3, -0.25) is 0 Å². The number of phenols is 1. The summed E-state index contributed by atoms with van der Waals surface area (Å²) in [5.74, 6) is 2.01. The summed E-state index contributed by atoms with van der Waals surface area (Å²) < 4.78 is 6.33. The van der Waals surface area contributed by atoms with Crippen molar-refractivity contribution in [1.82, 2.24) is 0 Å². The number of ether oxygens (including phenoxy) is 1. The maximum atomic E-state index is 10.7. The fourth-order valence-electron chi connectivity index (χ4n) is 4.67. The number of hydrogen-bond donors (Lipinski definition) is 2. The molecular weight excluding hydrogens is 300 g/mol. The summed E-state index contributed by atoms with van der Waals surface area (Å²) in [6.07, 6.45) is 5.93. The van der Waals surface area contributed by atoms with Gasteiger partial charge in [0.1, 0.15) is 17.1 Å². The van der Waals surface area contributed by atoms with Crippen molar-refractivity contribution in [3.05, 3.63) is 23.3 Å². The van der Waals surface area contributed by atoms with Crippen molar-refractivity contribution < 1.29 is 14.9 Å². The van der Waals surface area contributed by atoms with Crippen LogP contribution in [0.3, 0.4) is 0 Å². The van der Waals surface area contributed by atoms with Gasteiger partial charge in [-0.25, -0.2) is 0 Å². The molecule has 0 radical (unpaired) electrons. The maximum absolute atomic E-state index is 10.7. The van der Waals surface area contributed by atoms with E-state index in [1.807, 2.05) is 6.07 Å². The number of aliphatic hydroxyl groups excluding tert-OH is 1. The predicted octanol–water partition coefficient (Wildman–Crippen LogP) is 4.79. The van der Waals surface area contributed by atoms with E-state index in [0.717, 1.165) is 42.6 Å². The Labute approximate surface area is 146 Å². The Hall–Kier alpha value is -1.22. The van der Waals surface area contributed by atoms with Gasteiger partial charge in [0.05, 0.1) is 6.10 Å². The molecule has 0 amide bonds. The molecule has 3 nitrogen and oxygen atoms in total. The molecule has 1 saturated carbocycles. The molecule has 1 aromatic rings. The summed E-state index contributed by atoms with van der Waals surface area (Å²) in [6.45, 7) is 8.56. The van der Waals surface area contributed by atoms with Crippen LogP contribution < -0.4 is 4.74 Å². The zero-order valence-corrected chi connectivity index (χ0v) is 15.5. The van der Waals surface area contributed by atoms with Crippen LogP contribution in [0.1, 0.15) is 76.8 Å². The van der Waals surface area contributed by atoms with Gasteiger partial charge in [-0.2, -0.15) is 0 Å². The Kier molecular flexibility index (Phi) is 4.83. The molecule has 0 aromatic heterocycles. The Morgan fingerprint density at radius 3 is 2.67 bits per heavy atom. The van der Waals surface area contributed by atoms with Crippen LogP contribution in [0.5, 0.6) is 11.5 Å². The number of aliphatic hydroxyl groups is 1. The highest BCUT2D eigenvalue weighted by molar-refractivity contribution is 5.52. The molecule has 4 atom stereocenters. The Morgan fingerprint density at radius 2 is 1.96 bits per heavy atom. The molecule has 2 N–H and O–H groups in total. The summed E-state index contributed by atoms with van der Waals surface area (Å²) in [4.78, 5) is 0. The van der Waals surface area contributed by atoms with E-state index in [4.69, 9.17) is 4.74 Å². The zero-order valence-electron chi connectivity index (χ0n) is 15.5. The predicted molar refractivity (Wildman–Crippen MR) is 96.7 cm³/mol. The van der Waals surface area contributed by atoms with E-state index >= 15 is 0 Å². The second kappa shape index (κ2) is 6.59. The molecule has 3 heteroatoms. The van der Waals surface area contributed by atoms with Gasteiger partial charge >= 0.3 is 0 Å². The highest BCUT2D eigenvalue weighted by Gasteiger charge is 2.49. The lowest BCUT2D eigenvalue weighted by Gasteiger charge is -2.50. The van der Waals surface area contributed by atoms with Crippen LogP contribution in [0.25, 0.3) is 0 Å². The van der Waals surface area contributed by atoms with Gasteiger partial charge in [-0.1, -0.05) is 26.7 Å². The summed E-state index contributed by atoms with van der Waals surface area (Å²) in [7, 11) is 0. The second-order valence-electron chi connectivity index (χ2n) is 8.42. The third-order valence-electron chi connectivity index (χ3n) is 6.15. The van der Waals surface area contributed by atoms with Crippen molar-refractivity contribution in [3.8, 4) is 11.5 Å². The van der Waals surface area contributed by atoms with Crippen molar-refractivity contribution in [1.29, 1.82) is 0 Å². The van der Waals surface area contributed by atoms with Crippen LogP contribution in [0.2, 0.25) is 0 Å². The quantitative estimate of drug-likeness (QED) is 0.780. The van der Waals surface area contributed by atoms with Gasteiger partial charge in [-0.05, 0) is 69.1 Å². The first-order valence-electron chi connectivity index (χ1n) is 9.56. The third-order valence-corrected chi connectivity index (χ3v) is 6.15. The van der Waals surface area contributed by atoms with Crippen LogP contribution in [-0.4, -0.2) is 21.9 Å². The number of rotatable bonds is 4. The minimum atomic E-state index is -0.312. The molecule has 1 heterocycles. The summed E-state index contributed by atoms with van der Waals surface area (Å²) in [6, 6.07) is 4.07. The lowest BCUT2D eigenvalue weighted by molar-refractivity contribution is -0.0566. The van der Waals surface area contributed by atoms with Gasteiger partial charge in [0.25, 0.3) is 0 Å². The summed E-state index contributed by atoms with van der Waals surface area (Å²) in [5, 5.41) is 21.0. The van der Waals surface area contributed by atoms with Crippen LogP contribution in [0.15, 0.2) is 12.1 Å². The lowest BCUT2D eigenvalue weighted by atomic mass is 9.63. The van der Waals surface area contributed by atoms with Crippen LogP contribution >= 0.6 is 0 Å². The standard InChI is InChI=1S/C21H32O3/c1-5-6-7-8-14-10-18(23)20-15-9-13(2)17(22)12-16(15)21(3,4)24-19(20)11-14/h10-11,13,15-17,22-23H,5-9,12H2,1-4H3/t13-,15?,16-,17+/m1/s1. The monoisotopic (exact) mass is 332 g/mol. The molecule has 3 rings (SSSR count). The number of phenolic OH excluding ortho intramolecular Hbond substituents is 1. The number of fused-ring (bicyclic) bond motifs is 3. The van der Waals surface area contributed by atoms with E-state index in [0.29, 0.717) is 5.75 Å². The van der Waals surface area contributed by atoms with Crippen molar-refractivity contribution in [2.24, 2.45) is 11.8 Å². The average Bonchev–Trinajstić information content (AvgIpc) is 2.49. The Bertz CT molecular complexity index is 593. The van der Waals surface area contributed by atoms with E-state index in [-0.39, 0.29) is 29.5 Å². The first-order valence-corrected chi connectivity index (χ1v) is 9.56. The average molecular weight is 332 g/mol. The van der Waals surface area contributed by atoms with Crippen molar-refractivity contribution >= 4 is 0 Å². The molecule has 24 heavy (non-hydrogen) atoms. The fourth-order valence-corrected chi connectivity index (χ4v) is 4.67. The van der Waals surface area contributed by atoms with E-state index < -0.39 is 0 Å². The third kappa shape index (κ3) is 3.15. The zero-order chi connectivity index (χ0) is 17.5. The molecule has 0 bridgehead atoms. The fraction of sp³-hybridized carbons (Fsp3) is 0.714. The Morgan fingerprint density at radius 1 is 1.21 bits per heavy atom. The van der Waals surface area contributed by atoms with Gasteiger partial charge in [0, 0.05) is 11.5 Å². The maximum Gasteiger partial charge on any atom is 0.127 e. The molecule has 0 saturated heterocycles. The normalized spacial score (nSPS) is 31.0. The summed E-state index contributed by atoms with van der Waals surface area (Å²) >= 11 is 0. The molecule has 1 aliphatic carbocycles.